The van der Waals surface area contributed by atoms with Gasteiger partial charge in [0, 0.05) is 31.6 Å². The van der Waals surface area contributed by atoms with Crippen molar-refractivity contribution in [2.75, 3.05) is 37.0 Å². The van der Waals surface area contributed by atoms with Gasteiger partial charge in [0.2, 0.25) is 0 Å². The van der Waals surface area contributed by atoms with Crippen LogP contribution >= 0.6 is 11.8 Å². The average molecular weight is 281 g/mol. The van der Waals surface area contributed by atoms with Gasteiger partial charge < -0.3 is 10.2 Å². The van der Waals surface area contributed by atoms with Gasteiger partial charge in [-0.2, -0.15) is 11.8 Å². The van der Waals surface area contributed by atoms with Crippen LogP contribution in [0.3, 0.4) is 0 Å². The van der Waals surface area contributed by atoms with E-state index in [2.05, 4.69) is 61.4 Å². The molecule has 0 spiro atoms. The summed E-state index contributed by atoms with van der Waals surface area (Å²) in [6, 6.07) is 4.36. The van der Waals surface area contributed by atoms with Crippen molar-refractivity contribution >= 4 is 17.6 Å². The average Bonchev–Trinajstić information content (AvgIpc) is 2.34. The molecular weight excluding hydrogens is 254 g/mol. The molecule has 0 bridgehead atoms. The molecule has 0 aromatic carbocycles. The molecule has 0 saturated carbocycles. The normalized spacial score (nSPS) is 11.1. The van der Waals surface area contributed by atoms with Crippen LogP contribution < -0.4 is 10.2 Å². The second-order valence-corrected chi connectivity index (χ2v) is 6.40. The van der Waals surface area contributed by atoms with Crippen LogP contribution in [0, 0.1) is 12.8 Å². The molecule has 1 N–H and O–H groups in total. The zero-order valence-corrected chi connectivity index (χ0v) is 13.7. The van der Waals surface area contributed by atoms with Crippen LogP contribution in [0.1, 0.15) is 25.1 Å². The summed E-state index contributed by atoms with van der Waals surface area (Å²) in [7, 11) is 2.11. The molecule has 0 radical (unpaired) electrons. The Bertz CT molecular complexity index is 380. The minimum absolute atomic E-state index is 0.687. The molecule has 3 nitrogen and oxygen atoms in total. The summed E-state index contributed by atoms with van der Waals surface area (Å²) < 4.78 is 0. The fourth-order valence-corrected chi connectivity index (χ4v) is 2.32. The molecule has 4 heteroatoms. The number of pyridine rings is 1. The second-order valence-electron chi connectivity index (χ2n) is 5.41. The lowest BCUT2D eigenvalue weighted by Gasteiger charge is -2.19. The number of hydrogen-bond donors (Lipinski definition) is 1. The highest BCUT2D eigenvalue weighted by Gasteiger charge is 2.05. The van der Waals surface area contributed by atoms with Gasteiger partial charge in [-0.1, -0.05) is 13.8 Å². The van der Waals surface area contributed by atoms with E-state index >= 15 is 0 Å². The van der Waals surface area contributed by atoms with Crippen LogP contribution in [0.5, 0.6) is 0 Å². The van der Waals surface area contributed by atoms with E-state index in [1.54, 1.807) is 0 Å². The van der Waals surface area contributed by atoms with Gasteiger partial charge in [0.1, 0.15) is 5.82 Å². The fraction of sp³-hybridized carbons (Fsp3) is 0.667. The first-order valence-corrected chi connectivity index (χ1v) is 8.30. The molecule has 0 amide bonds. The van der Waals surface area contributed by atoms with Crippen molar-refractivity contribution in [1.29, 1.82) is 0 Å². The van der Waals surface area contributed by atoms with E-state index in [1.165, 1.54) is 5.56 Å². The standard InChI is InChI=1S/C15H27N3S/c1-12(2)10-16-11-14-8-13(3)17-15(9-14)18(4)6-7-19-5/h8-9,12,16H,6-7,10-11H2,1-5H3. The molecule has 0 atom stereocenters. The highest BCUT2D eigenvalue weighted by atomic mass is 32.2. The summed E-state index contributed by atoms with van der Waals surface area (Å²) in [6.45, 7) is 9.54. The number of anilines is 1. The number of rotatable bonds is 8. The van der Waals surface area contributed by atoms with Gasteiger partial charge >= 0.3 is 0 Å². The van der Waals surface area contributed by atoms with Crippen molar-refractivity contribution < 1.29 is 0 Å². The summed E-state index contributed by atoms with van der Waals surface area (Å²) in [5, 5.41) is 3.49. The van der Waals surface area contributed by atoms with Gasteiger partial charge in [0.05, 0.1) is 0 Å². The van der Waals surface area contributed by atoms with Crippen molar-refractivity contribution in [3.8, 4) is 0 Å². The Morgan fingerprint density at radius 1 is 1.37 bits per heavy atom. The van der Waals surface area contributed by atoms with E-state index in [1.807, 2.05) is 11.8 Å². The summed E-state index contributed by atoms with van der Waals surface area (Å²) in [5.41, 5.74) is 2.41. The number of thioether (sulfide) groups is 1. The van der Waals surface area contributed by atoms with Gasteiger partial charge in [-0.15, -0.1) is 0 Å². The van der Waals surface area contributed by atoms with E-state index in [0.717, 1.165) is 36.9 Å². The molecular formula is C15H27N3S. The maximum Gasteiger partial charge on any atom is 0.128 e. The Hall–Kier alpha value is -0.740. The Morgan fingerprint density at radius 3 is 2.74 bits per heavy atom. The van der Waals surface area contributed by atoms with Crippen LogP contribution in [-0.4, -0.2) is 37.1 Å². The number of aromatic nitrogens is 1. The third kappa shape index (κ3) is 6.30. The molecule has 1 aromatic rings. The molecule has 0 aliphatic rings. The van der Waals surface area contributed by atoms with E-state index in [9.17, 15) is 0 Å². The summed E-state index contributed by atoms with van der Waals surface area (Å²) >= 11 is 1.87. The predicted octanol–water partition coefficient (Wildman–Crippen LogP) is 2.93. The van der Waals surface area contributed by atoms with Crippen molar-refractivity contribution in [1.82, 2.24) is 10.3 Å². The Morgan fingerprint density at radius 2 is 2.11 bits per heavy atom. The first-order valence-electron chi connectivity index (χ1n) is 6.91. The molecule has 1 rings (SSSR count). The minimum atomic E-state index is 0.687. The van der Waals surface area contributed by atoms with Gasteiger partial charge in [0.25, 0.3) is 0 Å². The number of nitrogens with one attached hydrogen (secondary N) is 1. The van der Waals surface area contributed by atoms with E-state index in [-0.39, 0.29) is 0 Å². The lowest BCUT2D eigenvalue weighted by atomic mass is 10.2. The van der Waals surface area contributed by atoms with Crippen LogP contribution in [0.15, 0.2) is 12.1 Å². The zero-order valence-electron chi connectivity index (χ0n) is 12.9. The molecule has 0 unspecified atom stereocenters. The second kappa shape index (κ2) is 8.43. The maximum absolute atomic E-state index is 4.62. The van der Waals surface area contributed by atoms with Gasteiger partial charge in [-0.05, 0) is 43.3 Å². The largest absolute Gasteiger partial charge is 0.359 e. The topological polar surface area (TPSA) is 28.2 Å². The quantitative estimate of drug-likeness (QED) is 0.793. The zero-order chi connectivity index (χ0) is 14.3. The molecule has 108 valence electrons. The maximum atomic E-state index is 4.62. The first kappa shape index (κ1) is 16.3. The number of hydrogen-bond acceptors (Lipinski definition) is 4. The highest BCUT2D eigenvalue weighted by Crippen LogP contribution is 2.14. The lowest BCUT2D eigenvalue weighted by molar-refractivity contribution is 0.552. The molecule has 1 aromatic heterocycles. The Balaban J connectivity index is 2.65. The first-order chi connectivity index (χ1) is 9.02. The monoisotopic (exact) mass is 281 g/mol. The van der Waals surface area contributed by atoms with Crippen LogP contribution in [0.25, 0.3) is 0 Å². The fourth-order valence-electron chi connectivity index (χ4n) is 1.87. The van der Waals surface area contributed by atoms with Gasteiger partial charge in [-0.25, -0.2) is 4.98 Å². The highest BCUT2D eigenvalue weighted by molar-refractivity contribution is 7.98. The van der Waals surface area contributed by atoms with Crippen LogP contribution in [0.2, 0.25) is 0 Å². The SMILES string of the molecule is CSCCN(C)c1cc(CNCC(C)C)cc(C)n1. The van der Waals surface area contributed by atoms with Crippen molar-refractivity contribution in [2.24, 2.45) is 5.92 Å². The van der Waals surface area contributed by atoms with Gasteiger partial charge in [-0.3, -0.25) is 0 Å². The minimum Gasteiger partial charge on any atom is -0.359 e. The lowest BCUT2D eigenvalue weighted by Crippen LogP contribution is -2.23. The third-order valence-electron chi connectivity index (χ3n) is 2.90. The predicted molar refractivity (Wildman–Crippen MR) is 87.2 cm³/mol. The molecule has 19 heavy (non-hydrogen) atoms. The van der Waals surface area contributed by atoms with E-state index in [0.29, 0.717) is 5.92 Å². The summed E-state index contributed by atoms with van der Waals surface area (Å²) in [6.07, 6.45) is 2.14. The van der Waals surface area contributed by atoms with E-state index in [4.69, 9.17) is 0 Å². The van der Waals surface area contributed by atoms with Crippen molar-refractivity contribution in [3.05, 3.63) is 23.4 Å². The summed E-state index contributed by atoms with van der Waals surface area (Å²) in [4.78, 5) is 6.85. The molecule has 0 fully saturated rings. The Kier molecular flexibility index (Phi) is 7.24. The number of nitrogens with zero attached hydrogens (tertiary/aromatic N) is 2. The van der Waals surface area contributed by atoms with Crippen LogP contribution in [0.4, 0.5) is 5.82 Å². The number of aryl methyl sites for hydroxylation is 1. The summed E-state index contributed by atoms with van der Waals surface area (Å²) in [5.74, 6) is 2.90. The third-order valence-corrected chi connectivity index (χ3v) is 3.49. The smallest absolute Gasteiger partial charge is 0.128 e. The van der Waals surface area contributed by atoms with Gasteiger partial charge in [0.15, 0.2) is 0 Å². The molecule has 1 heterocycles. The van der Waals surface area contributed by atoms with Crippen molar-refractivity contribution in [3.63, 3.8) is 0 Å². The van der Waals surface area contributed by atoms with E-state index < -0.39 is 0 Å². The Labute approximate surface area is 122 Å². The van der Waals surface area contributed by atoms with Crippen LogP contribution in [-0.2, 0) is 6.54 Å². The molecule has 0 aliphatic carbocycles. The molecule has 0 aliphatic heterocycles. The molecule has 0 saturated heterocycles. The van der Waals surface area contributed by atoms with Crippen molar-refractivity contribution in [2.45, 2.75) is 27.3 Å².